The van der Waals surface area contributed by atoms with Crippen LogP contribution in [0.25, 0.3) is 0 Å². The lowest BCUT2D eigenvalue weighted by molar-refractivity contribution is -0.137. The minimum absolute atomic E-state index is 0.0514. The third-order valence-electron chi connectivity index (χ3n) is 2.93. The van der Waals surface area contributed by atoms with Gasteiger partial charge in [0.15, 0.2) is 0 Å². The minimum atomic E-state index is -0.179. The van der Waals surface area contributed by atoms with E-state index in [1.807, 2.05) is 4.90 Å². The highest BCUT2D eigenvalue weighted by Gasteiger charge is 2.31. The molecule has 1 aliphatic heterocycles. The van der Waals surface area contributed by atoms with E-state index in [9.17, 15) is 4.79 Å². The molecule has 1 atom stereocenters. The Kier molecular flexibility index (Phi) is 3.89. The van der Waals surface area contributed by atoms with E-state index in [1.54, 1.807) is 0 Å². The molecule has 0 aromatic heterocycles. The molecule has 0 aliphatic carbocycles. The van der Waals surface area contributed by atoms with Gasteiger partial charge in [-0.15, -0.1) is 0 Å². The smallest absolute Gasteiger partial charge is 0.248 e. The Balaban J connectivity index is 2.51. The number of methoxy groups -OCH3 is 1. The Hall–Kier alpha value is -0.610. The minimum Gasteiger partial charge on any atom is -0.375 e. The number of amides is 1. The highest BCUT2D eigenvalue weighted by Crippen LogP contribution is 2.21. The summed E-state index contributed by atoms with van der Waals surface area (Å²) in [6.45, 7) is 3.73. The van der Waals surface area contributed by atoms with E-state index in [4.69, 9.17) is 10.5 Å². The Labute approximate surface area is 85.4 Å². The van der Waals surface area contributed by atoms with E-state index in [2.05, 4.69) is 6.92 Å². The highest BCUT2D eigenvalue weighted by atomic mass is 16.5. The monoisotopic (exact) mass is 200 g/mol. The molecule has 1 rings (SSSR count). The van der Waals surface area contributed by atoms with Crippen LogP contribution in [-0.4, -0.2) is 43.2 Å². The van der Waals surface area contributed by atoms with Gasteiger partial charge in [-0.1, -0.05) is 6.92 Å². The molecule has 0 bridgehead atoms. The lowest BCUT2D eigenvalue weighted by Gasteiger charge is -2.39. The maximum atomic E-state index is 11.5. The van der Waals surface area contributed by atoms with E-state index in [1.165, 1.54) is 7.11 Å². The van der Waals surface area contributed by atoms with Gasteiger partial charge in [-0.05, 0) is 19.3 Å². The van der Waals surface area contributed by atoms with Crippen molar-refractivity contribution in [3.8, 4) is 0 Å². The third kappa shape index (κ3) is 2.69. The first-order valence-corrected chi connectivity index (χ1v) is 5.17. The second-order valence-electron chi connectivity index (χ2n) is 4.07. The number of carbonyl (C=O) groups is 1. The van der Waals surface area contributed by atoms with Crippen LogP contribution in [0, 0.1) is 0 Å². The number of ether oxygens (including phenoxy) is 1. The summed E-state index contributed by atoms with van der Waals surface area (Å²) in [5.41, 5.74) is 5.97. The van der Waals surface area contributed by atoms with Gasteiger partial charge in [-0.2, -0.15) is 0 Å². The van der Waals surface area contributed by atoms with Crippen LogP contribution >= 0.6 is 0 Å². The van der Waals surface area contributed by atoms with Crippen molar-refractivity contribution in [3.05, 3.63) is 0 Å². The van der Waals surface area contributed by atoms with E-state index >= 15 is 0 Å². The summed E-state index contributed by atoms with van der Waals surface area (Å²) in [6, 6.07) is 0. The van der Waals surface area contributed by atoms with Gasteiger partial charge in [-0.3, -0.25) is 4.79 Å². The predicted molar refractivity (Wildman–Crippen MR) is 54.9 cm³/mol. The van der Waals surface area contributed by atoms with Crippen molar-refractivity contribution in [1.29, 1.82) is 0 Å². The van der Waals surface area contributed by atoms with E-state index in [0.717, 1.165) is 25.8 Å². The zero-order chi connectivity index (χ0) is 10.6. The molecule has 0 spiro atoms. The average Bonchev–Trinajstić information content (AvgIpc) is 2.18. The van der Waals surface area contributed by atoms with Gasteiger partial charge in [0.05, 0.1) is 0 Å². The van der Waals surface area contributed by atoms with Crippen LogP contribution < -0.4 is 5.73 Å². The van der Waals surface area contributed by atoms with E-state index in [-0.39, 0.29) is 18.1 Å². The van der Waals surface area contributed by atoms with Crippen molar-refractivity contribution < 1.29 is 9.53 Å². The first-order valence-electron chi connectivity index (χ1n) is 5.17. The van der Waals surface area contributed by atoms with Gasteiger partial charge in [0.1, 0.15) is 6.61 Å². The van der Waals surface area contributed by atoms with Crippen molar-refractivity contribution in [2.24, 2.45) is 5.73 Å². The topological polar surface area (TPSA) is 55.6 Å². The number of nitrogens with two attached hydrogens (primary N) is 1. The van der Waals surface area contributed by atoms with Crippen molar-refractivity contribution in [3.63, 3.8) is 0 Å². The molecule has 1 saturated heterocycles. The Morgan fingerprint density at radius 2 is 2.36 bits per heavy atom. The van der Waals surface area contributed by atoms with Gasteiger partial charge in [0.2, 0.25) is 5.91 Å². The molecule has 1 fully saturated rings. The van der Waals surface area contributed by atoms with Crippen LogP contribution in [0.5, 0.6) is 0 Å². The standard InChI is InChI=1S/C10H20N2O2/c1-3-10(11)5-4-6-12(8-10)9(13)7-14-2/h3-8,11H2,1-2H3. The van der Waals surface area contributed by atoms with Crippen LogP contribution in [0.15, 0.2) is 0 Å². The summed E-state index contributed by atoms with van der Waals surface area (Å²) in [5, 5.41) is 0. The zero-order valence-corrected chi connectivity index (χ0v) is 9.08. The fourth-order valence-electron chi connectivity index (χ4n) is 1.88. The Bertz CT molecular complexity index is 208. The zero-order valence-electron chi connectivity index (χ0n) is 9.08. The third-order valence-corrected chi connectivity index (χ3v) is 2.93. The summed E-state index contributed by atoms with van der Waals surface area (Å²) in [7, 11) is 1.54. The van der Waals surface area contributed by atoms with Gasteiger partial charge in [0, 0.05) is 25.7 Å². The van der Waals surface area contributed by atoms with Gasteiger partial charge >= 0.3 is 0 Å². The molecule has 1 amide bonds. The maximum absolute atomic E-state index is 11.5. The molecule has 82 valence electrons. The largest absolute Gasteiger partial charge is 0.375 e. The van der Waals surface area contributed by atoms with Crippen LogP contribution in [0.3, 0.4) is 0 Å². The maximum Gasteiger partial charge on any atom is 0.248 e. The number of carbonyl (C=O) groups excluding carboxylic acids is 1. The van der Waals surface area contributed by atoms with Gasteiger partial charge in [0.25, 0.3) is 0 Å². The molecule has 1 unspecified atom stereocenters. The molecule has 0 radical (unpaired) electrons. The molecule has 14 heavy (non-hydrogen) atoms. The number of rotatable bonds is 3. The number of hydrogen-bond donors (Lipinski definition) is 1. The Morgan fingerprint density at radius 1 is 1.64 bits per heavy atom. The summed E-state index contributed by atoms with van der Waals surface area (Å²) in [6.07, 6.45) is 2.93. The van der Waals surface area contributed by atoms with Crippen LogP contribution in [0.1, 0.15) is 26.2 Å². The normalized spacial score (nSPS) is 27.8. The SMILES string of the molecule is CCC1(N)CCCN(C(=O)COC)C1. The first-order chi connectivity index (χ1) is 6.61. The second kappa shape index (κ2) is 4.75. The number of likely N-dealkylation sites (tertiary alicyclic amines) is 1. The molecule has 4 heteroatoms. The molecule has 1 heterocycles. The molecular formula is C10H20N2O2. The predicted octanol–water partition coefficient (Wildman–Crippen LogP) is 0.363. The molecule has 1 aliphatic rings. The summed E-state index contributed by atoms with van der Waals surface area (Å²) in [4.78, 5) is 13.4. The van der Waals surface area contributed by atoms with Crippen molar-refractivity contribution in [1.82, 2.24) is 4.90 Å². The average molecular weight is 200 g/mol. The van der Waals surface area contributed by atoms with Crippen molar-refractivity contribution >= 4 is 5.91 Å². The quantitative estimate of drug-likeness (QED) is 0.715. The molecular weight excluding hydrogens is 180 g/mol. The van der Waals surface area contributed by atoms with Gasteiger partial charge in [-0.25, -0.2) is 0 Å². The molecule has 0 aromatic carbocycles. The second-order valence-corrected chi connectivity index (χ2v) is 4.07. The number of nitrogens with zero attached hydrogens (tertiary/aromatic N) is 1. The van der Waals surface area contributed by atoms with Gasteiger partial charge < -0.3 is 15.4 Å². The molecule has 0 saturated carbocycles. The number of piperidine rings is 1. The summed E-state index contributed by atoms with van der Waals surface area (Å²) in [5.74, 6) is 0.0514. The van der Waals surface area contributed by atoms with Crippen LogP contribution in [0.2, 0.25) is 0 Å². The summed E-state index contributed by atoms with van der Waals surface area (Å²) >= 11 is 0. The lowest BCUT2D eigenvalue weighted by Crippen LogP contribution is -2.55. The fraction of sp³-hybridized carbons (Fsp3) is 0.900. The van der Waals surface area contributed by atoms with E-state index in [0.29, 0.717) is 6.54 Å². The van der Waals surface area contributed by atoms with Crippen LogP contribution in [-0.2, 0) is 9.53 Å². The first kappa shape index (κ1) is 11.5. The highest BCUT2D eigenvalue weighted by molar-refractivity contribution is 5.77. The molecule has 2 N–H and O–H groups in total. The van der Waals surface area contributed by atoms with Crippen LogP contribution in [0.4, 0.5) is 0 Å². The van der Waals surface area contributed by atoms with Crippen molar-refractivity contribution in [2.75, 3.05) is 26.8 Å². The molecule has 0 aromatic rings. The summed E-state index contributed by atoms with van der Waals surface area (Å²) < 4.78 is 4.83. The van der Waals surface area contributed by atoms with Crippen molar-refractivity contribution in [2.45, 2.75) is 31.7 Å². The lowest BCUT2D eigenvalue weighted by atomic mass is 9.88. The number of hydrogen-bond acceptors (Lipinski definition) is 3. The van der Waals surface area contributed by atoms with E-state index < -0.39 is 0 Å². The fourth-order valence-corrected chi connectivity index (χ4v) is 1.88. The Morgan fingerprint density at radius 3 is 2.93 bits per heavy atom. The molecule has 4 nitrogen and oxygen atoms in total.